The van der Waals surface area contributed by atoms with Crippen LogP contribution in [0.4, 0.5) is 0 Å². The van der Waals surface area contributed by atoms with Crippen molar-refractivity contribution in [2.75, 3.05) is 0 Å². The lowest BCUT2D eigenvalue weighted by atomic mass is 9.75. The lowest BCUT2D eigenvalue weighted by molar-refractivity contribution is -0.390. The lowest BCUT2D eigenvalue weighted by Crippen LogP contribution is -2.55. The predicted octanol–water partition coefficient (Wildman–Crippen LogP) is 3.55. The van der Waals surface area contributed by atoms with Crippen LogP contribution in [0.5, 0.6) is 0 Å². The van der Waals surface area contributed by atoms with Gasteiger partial charge in [-0.3, -0.25) is 4.79 Å². The van der Waals surface area contributed by atoms with E-state index in [-0.39, 0.29) is 12.1 Å². The van der Waals surface area contributed by atoms with Crippen LogP contribution in [0.25, 0.3) is 0 Å². The van der Waals surface area contributed by atoms with E-state index >= 15 is 0 Å². The zero-order valence-electron chi connectivity index (χ0n) is 12.2. The molecule has 1 unspecified atom stereocenters. The van der Waals surface area contributed by atoms with Crippen LogP contribution in [-0.4, -0.2) is 18.4 Å². The second-order valence-electron chi connectivity index (χ2n) is 5.44. The number of carbonyl (C=O) groups is 1. The van der Waals surface area contributed by atoms with Crippen molar-refractivity contribution >= 4 is 5.78 Å². The zero-order valence-corrected chi connectivity index (χ0v) is 12.2. The fourth-order valence-corrected chi connectivity index (χ4v) is 2.68. The zero-order chi connectivity index (χ0) is 14.9. The van der Waals surface area contributed by atoms with E-state index in [9.17, 15) is 4.79 Å². The number of rotatable bonds is 4. The van der Waals surface area contributed by atoms with Crippen molar-refractivity contribution in [1.82, 2.24) is 0 Å². The number of Topliss-reactive ketones (excluding diaryl/α,β-unsaturated/α-hetero) is 1. The third-order valence-corrected chi connectivity index (χ3v) is 3.98. The average Bonchev–Trinajstić information content (AvgIpc) is 2.52. The smallest absolute Gasteiger partial charge is 0.180 e. The number of ketones is 1. The monoisotopic (exact) mass is 282 g/mol. The first-order valence-corrected chi connectivity index (χ1v) is 7.08. The Morgan fingerprint density at radius 3 is 2.00 bits per heavy atom. The molecule has 1 heterocycles. The maximum Gasteiger partial charge on any atom is 0.180 e. The van der Waals surface area contributed by atoms with Crippen LogP contribution in [0.15, 0.2) is 60.7 Å². The standard InChI is InChI=1S/C18H18O3/c1-13-20-17(21-13)18(2,15-11-7-4-8-12-15)16(19)14-9-5-3-6-10-14/h3-13,17H,1-2H3. The van der Waals surface area contributed by atoms with Gasteiger partial charge in [0.05, 0.1) is 0 Å². The van der Waals surface area contributed by atoms with Gasteiger partial charge in [0.2, 0.25) is 0 Å². The largest absolute Gasteiger partial charge is 0.323 e. The highest BCUT2D eigenvalue weighted by Crippen LogP contribution is 2.39. The first-order chi connectivity index (χ1) is 10.1. The molecule has 0 N–H and O–H groups in total. The van der Waals surface area contributed by atoms with E-state index in [1.807, 2.05) is 74.5 Å². The van der Waals surface area contributed by atoms with Crippen molar-refractivity contribution in [1.29, 1.82) is 0 Å². The summed E-state index contributed by atoms with van der Waals surface area (Å²) in [6, 6.07) is 18.9. The molecule has 1 saturated heterocycles. The quantitative estimate of drug-likeness (QED) is 0.805. The highest BCUT2D eigenvalue weighted by Gasteiger charge is 2.50. The third kappa shape index (κ3) is 2.39. The van der Waals surface area contributed by atoms with Gasteiger partial charge in [-0.25, -0.2) is 0 Å². The fraction of sp³-hybridized carbons (Fsp3) is 0.278. The SMILES string of the molecule is CC1OC(C(C)(C(=O)c2ccccc2)c2ccccc2)O1. The van der Waals surface area contributed by atoms with Gasteiger partial charge in [0, 0.05) is 5.56 Å². The van der Waals surface area contributed by atoms with Gasteiger partial charge in [-0.2, -0.15) is 0 Å². The molecule has 0 bridgehead atoms. The lowest BCUT2D eigenvalue weighted by Gasteiger charge is -2.44. The van der Waals surface area contributed by atoms with Crippen molar-refractivity contribution < 1.29 is 14.3 Å². The Balaban J connectivity index is 2.03. The Labute approximate surface area is 124 Å². The van der Waals surface area contributed by atoms with E-state index in [2.05, 4.69) is 0 Å². The Bertz CT molecular complexity index is 617. The van der Waals surface area contributed by atoms with E-state index in [1.54, 1.807) is 0 Å². The molecule has 1 fully saturated rings. The first-order valence-electron chi connectivity index (χ1n) is 7.08. The maximum absolute atomic E-state index is 13.0. The molecule has 0 saturated carbocycles. The van der Waals surface area contributed by atoms with Gasteiger partial charge in [0.15, 0.2) is 18.4 Å². The molecule has 1 aliphatic heterocycles. The number of hydrogen-bond donors (Lipinski definition) is 0. The van der Waals surface area contributed by atoms with E-state index in [4.69, 9.17) is 9.47 Å². The summed E-state index contributed by atoms with van der Waals surface area (Å²) in [7, 11) is 0. The van der Waals surface area contributed by atoms with Crippen molar-refractivity contribution in [2.24, 2.45) is 0 Å². The predicted molar refractivity (Wildman–Crippen MR) is 80.0 cm³/mol. The van der Waals surface area contributed by atoms with Gasteiger partial charge in [0.25, 0.3) is 0 Å². The van der Waals surface area contributed by atoms with E-state index < -0.39 is 11.7 Å². The highest BCUT2D eigenvalue weighted by molar-refractivity contribution is 6.04. The molecule has 3 heteroatoms. The van der Waals surface area contributed by atoms with Crippen molar-refractivity contribution in [3.05, 3.63) is 71.8 Å². The van der Waals surface area contributed by atoms with Crippen LogP contribution < -0.4 is 0 Å². The molecule has 1 aliphatic rings. The van der Waals surface area contributed by atoms with E-state index in [0.29, 0.717) is 5.56 Å². The Kier molecular flexibility index (Phi) is 3.62. The summed E-state index contributed by atoms with van der Waals surface area (Å²) < 4.78 is 11.3. The Morgan fingerprint density at radius 1 is 0.952 bits per heavy atom. The van der Waals surface area contributed by atoms with E-state index in [1.165, 1.54) is 0 Å². The molecule has 0 radical (unpaired) electrons. The molecular formula is C18H18O3. The minimum Gasteiger partial charge on any atom is -0.323 e. The van der Waals surface area contributed by atoms with Crippen LogP contribution in [0, 0.1) is 0 Å². The summed E-state index contributed by atoms with van der Waals surface area (Å²) >= 11 is 0. The molecule has 3 rings (SSSR count). The molecule has 21 heavy (non-hydrogen) atoms. The molecule has 2 aromatic rings. The van der Waals surface area contributed by atoms with E-state index in [0.717, 1.165) is 5.56 Å². The normalized spacial score (nSPS) is 23.9. The fourth-order valence-electron chi connectivity index (χ4n) is 2.68. The summed E-state index contributed by atoms with van der Waals surface area (Å²) in [5.41, 5.74) is 0.709. The Morgan fingerprint density at radius 2 is 1.48 bits per heavy atom. The average molecular weight is 282 g/mol. The van der Waals surface area contributed by atoms with Crippen LogP contribution in [0.3, 0.4) is 0 Å². The Hall–Kier alpha value is -1.97. The molecule has 0 aromatic heterocycles. The van der Waals surface area contributed by atoms with Gasteiger partial charge in [-0.1, -0.05) is 60.7 Å². The summed E-state index contributed by atoms with van der Waals surface area (Å²) in [6.45, 7) is 3.71. The van der Waals surface area contributed by atoms with Crippen molar-refractivity contribution in [3.8, 4) is 0 Å². The second-order valence-corrected chi connectivity index (χ2v) is 5.44. The van der Waals surface area contributed by atoms with Crippen LogP contribution in [-0.2, 0) is 14.9 Å². The number of benzene rings is 2. The molecular weight excluding hydrogens is 264 g/mol. The number of carbonyl (C=O) groups excluding carboxylic acids is 1. The van der Waals surface area contributed by atoms with Gasteiger partial charge in [-0.15, -0.1) is 0 Å². The van der Waals surface area contributed by atoms with Crippen molar-refractivity contribution in [3.63, 3.8) is 0 Å². The number of hydrogen-bond acceptors (Lipinski definition) is 3. The first kappa shape index (κ1) is 14.0. The molecule has 0 amide bonds. The highest BCUT2D eigenvalue weighted by atomic mass is 16.9. The van der Waals surface area contributed by atoms with Gasteiger partial charge in [-0.05, 0) is 19.4 Å². The molecule has 0 aliphatic carbocycles. The van der Waals surface area contributed by atoms with Crippen LogP contribution >= 0.6 is 0 Å². The van der Waals surface area contributed by atoms with Crippen LogP contribution in [0.2, 0.25) is 0 Å². The summed E-state index contributed by atoms with van der Waals surface area (Å²) in [5, 5.41) is 0. The van der Waals surface area contributed by atoms with Crippen molar-refractivity contribution in [2.45, 2.75) is 31.8 Å². The number of ether oxygens (including phenoxy) is 2. The second kappa shape index (κ2) is 5.43. The summed E-state index contributed by atoms with van der Waals surface area (Å²) in [5.74, 6) is 0.00574. The third-order valence-electron chi connectivity index (χ3n) is 3.98. The summed E-state index contributed by atoms with van der Waals surface area (Å²) in [4.78, 5) is 13.0. The van der Waals surface area contributed by atoms with Gasteiger partial charge < -0.3 is 9.47 Å². The van der Waals surface area contributed by atoms with Crippen LogP contribution in [0.1, 0.15) is 29.8 Å². The minimum absolute atomic E-state index is 0.00574. The molecule has 3 nitrogen and oxygen atoms in total. The molecule has 1 atom stereocenters. The summed E-state index contributed by atoms with van der Waals surface area (Å²) in [6.07, 6.45) is -0.816. The topological polar surface area (TPSA) is 35.5 Å². The van der Waals surface area contributed by atoms with Gasteiger partial charge in [0.1, 0.15) is 5.41 Å². The molecule has 0 spiro atoms. The molecule has 108 valence electrons. The maximum atomic E-state index is 13.0. The minimum atomic E-state index is -0.852. The molecule has 2 aromatic carbocycles. The van der Waals surface area contributed by atoms with Gasteiger partial charge >= 0.3 is 0 Å².